The molecule has 1 saturated heterocycles. The van der Waals surface area contributed by atoms with E-state index in [1.165, 1.54) is 13.2 Å². The first-order valence-electron chi connectivity index (χ1n) is 8.25. The van der Waals surface area contributed by atoms with Crippen molar-refractivity contribution >= 4 is 33.3 Å². The molecule has 2 aromatic heterocycles. The first-order chi connectivity index (χ1) is 13.2. The van der Waals surface area contributed by atoms with Gasteiger partial charge in [0.25, 0.3) is 11.9 Å². The zero-order chi connectivity index (χ0) is 18.8. The second-order valence-corrected chi connectivity index (χ2v) is 6.91. The smallest absolute Gasteiger partial charge is 0.272 e. The fourth-order valence-electron chi connectivity index (χ4n) is 2.83. The summed E-state index contributed by atoms with van der Waals surface area (Å²) in [6.07, 6.45) is 1.33. The average Bonchev–Trinajstić information content (AvgIpc) is 3.30. The van der Waals surface area contributed by atoms with Gasteiger partial charge in [-0.05, 0) is 17.3 Å². The number of H-pyrrole nitrogens is 1. The van der Waals surface area contributed by atoms with Crippen LogP contribution in [0.15, 0.2) is 12.1 Å². The van der Waals surface area contributed by atoms with E-state index in [4.69, 9.17) is 14.2 Å². The summed E-state index contributed by atoms with van der Waals surface area (Å²) in [6.45, 7) is 1.18. The van der Waals surface area contributed by atoms with E-state index in [1.807, 2.05) is 0 Å². The van der Waals surface area contributed by atoms with Crippen LogP contribution in [-0.2, 0) is 4.74 Å². The molecule has 4 rings (SSSR count). The Morgan fingerprint density at radius 3 is 2.93 bits per heavy atom. The van der Waals surface area contributed by atoms with E-state index in [2.05, 4.69) is 25.9 Å². The van der Waals surface area contributed by atoms with E-state index in [0.29, 0.717) is 46.8 Å². The molecule has 0 aliphatic carbocycles. The van der Waals surface area contributed by atoms with Gasteiger partial charge in [-0.2, -0.15) is 5.21 Å². The SMILES string of the molecule is COc1cc2c(OC3CCOCC3)c(C(=O)Nc3nn[nH]n3)sc2cc1F. The van der Waals surface area contributed by atoms with Crippen molar-refractivity contribution in [2.45, 2.75) is 18.9 Å². The van der Waals surface area contributed by atoms with Crippen LogP contribution in [0.5, 0.6) is 11.5 Å². The molecule has 1 aliphatic heterocycles. The molecule has 3 heterocycles. The molecule has 0 spiro atoms. The fraction of sp³-hybridized carbons (Fsp3) is 0.375. The highest BCUT2D eigenvalue weighted by molar-refractivity contribution is 7.21. The van der Waals surface area contributed by atoms with Crippen molar-refractivity contribution in [3.05, 3.63) is 22.8 Å². The molecule has 1 amide bonds. The number of tetrazole rings is 1. The van der Waals surface area contributed by atoms with E-state index in [-0.39, 0.29) is 17.8 Å². The van der Waals surface area contributed by atoms with Crippen LogP contribution in [0.25, 0.3) is 10.1 Å². The molecule has 0 saturated carbocycles. The van der Waals surface area contributed by atoms with Gasteiger partial charge in [-0.3, -0.25) is 10.1 Å². The molecule has 0 bridgehead atoms. The van der Waals surface area contributed by atoms with Crippen LogP contribution in [0.4, 0.5) is 10.3 Å². The van der Waals surface area contributed by atoms with E-state index in [9.17, 15) is 9.18 Å². The first-order valence-corrected chi connectivity index (χ1v) is 9.06. The number of nitrogens with zero attached hydrogens (tertiary/aromatic N) is 3. The number of carbonyl (C=O) groups is 1. The molecule has 142 valence electrons. The molecular weight excluding hydrogens is 377 g/mol. The molecule has 2 N–H and O–H groups in total. The zero-order valence-corrected chi connectivity index (χ0v) is 15.1. The number of carbonyl (C=O) groups excluding carboxylic acids is 1. The lowest BCUT2D eigenvalue weighted by Crippen LogP contribution is -2.26. The molecule has 0 radical (unpaired) electrons. The summed E-state index contributed by atoms with van der Waals surface area (Å²) < 4.78 is 31.3. The van der Waals surface area contributed by atoms with Gasteiger partial charge in [0, 0.05) is 22.9 Å². The molecule has 0 unspecified atom stereocenters. The maximum absolute atomic E-state index is 14.1. The minimum Gasteiger partial charge on any atom is -0.494 e. The summed E-state index contributed by atoms with van der Waals surface area (Å²) in [7, 11) is 1.39. The minimum atomic E-state index is -0.506. The number of anilines is 1. The number of fused-ring (bicyclic) bond motifs is 1. The Morgan fingerprint density at radius 2 is 2.22 bits per heavy atom. The highest BCUT2D eigenvalue weighted by Crippen LogP contribution is 2.42. The molecule has 1 fully saturated rings. The number of hydrogen-bond acceptors (Lipinski definition) is 8. The number of benzene rings is 1. The molecule has 1 aliphatic rings. The normalized spacial score (nSPS) is 15.0. The van der Waals surface area contributed by atoms with Gasteiger partial charge >= 0.3 is 0 Å². The predicted molar refractivity (Wildman–Crippen MR) is 94.9 cm³/mol. The number of hydrogen-bond donors (Lipinski definition) is 2. The van der Waals surface area contributed by atoms with Crippen molar-refractivity contribution in [3.8, 4) is 11.5 Å². The third-order valence-electron chi connectivity index (χ3n) is 4.15. The first kappa shape index (κ1) is 17.6. The Bertz CT molecular complexity index is 956. The van der Waals surface area contributed by atoms with Crippen molar-refractivity contribution in [2.75, 3.05) is 25.6 Å². The van der Waals surface area contributed by atoms with Crippen molar-refractivity contribution < 1.29 is 23.4 Å². The number of halogens is 1. The van der Waals surface area contributed by atoms with Crippen LogP contribution in [-0.4, -0.2) is 53.0 Å². The lowest BCUT2D eigenvalue weighted by atomic mass is 10.1. The lowest BCUT2D eigenvalue weighted by molar-refractivity contribution is 0.0260. The molecule has 1 aromatic carbocycles. The number of ether oxygens (including phenoxy) is 3. The standard InChI is InChI=1S/C16H16FN5O4S/c1-24-11-6-9-12(7-10(11)17)27-14(15(23)18-16-19-21-22-20-16)13(9)26-8-2-4-25-5-3-8/h6-8H,2-5H2,1H3,(H2,18,19,20,21,22,23). The summed E-state index contributed by atoms with van der Waals surface area (Å²) in [5.74, 6) is -0.449. The van der Waals surface area contributed by atoms with Crippen molar-refractivity contribution in [3.63, 3.8) is 0 Å². The summed E-state index contributed by atoms with van der Waals surface area (Å²) in [4.78, 5) is 13.0. The Morgan fingerprint density at radius 1 is 1.41 bits per heavy atom. The number of nitrogens with one attached hydrogen (secondary N) is 2. The summed E-state index contributed by atoms with van der Waals surface area (Å²) in [5.41, 5.74) is 0. The van der Waals surface area contributed by atoms with Crippen LogP contribution in [0.2, 0.25) is 0 Å². The number of aromatic nitrogens is 4. The maximum Gasteiger partial charge on any atom is 0.272 e. The van der Waals surface area contributed by atoms with Crippen molar-refractivity contribution in [1.29, 1.82) is 0 Å². The van der Waals surface area contributed by atoms with E-state index < -0.39 is 11.7 Å². The van der Waals surface area contributed by atoms with Gasteiger partial charge in [-0.25, -0.2) is 4.39 Å². The van der Waals surface area contributed by atoms with Crippen LogP contribution >= 0.6 is 11.3 Å². The van der Waals surface area contributed by atoms with E-state index >= 15 is 0 Å². The van der Waals surface area contributed by atoms with Crippen molar-refractivity contribution in [2.24, 2.45) is 0 Å². The van der Waals surface area contributed by atoms with Crippen LogP contribution < -0.4 is 14.8 Å². The Hall–Kier alpha value is -2.79. The van der Waals surface area contributed by atoms with E-state index in [0.717, 1.165) is 11.3 Å². The fourth-order valence-corrected chi connectivity index (χ4v) is 3.87. The number of rotatable bonds is 5. The highest BCUT2D eigenvalue weighted by Gasteiger charge is 2.26. The monoisotopic (exact) mass is 393 g/mol. The number of thiophene rings is 1. The molecule has 9 nitrogen and oxygen atoms in total. The quantitative estimate of drug-likeness (QED) is 0.684. The zero-order valence-electron chi connectivity index (χ0n) is 14.3. The van der Waals surface area contributed by atoms with Crippen LogP contribution in [0.1, 0.15) is 22.5 Å². The Labute approximate surface area is 156 Å². The summed E-state index contributed by atoms with van der Waals surface area (Å²) in [5, 5.41) is 16.2. The molecule has 3 aromatic rings. The van der Waals surface area contributed by atoms with Crippen molar-refractivity contribution in [1.82, 2.24) is 20.6 Å². The molecule has 11 heteroatoms. The van der Waals surface area contributed by atoms with Gasteiger partial charge < -0.3 is 14.2 Å². The Balaban J connectivity index is 1.75. The average molecular weight is 393 g/mol. The second kappa shape index (κ2) is 7.45. The van der Waals surface area contributed by atoms with Crippen LogP contribution in [0, 0.1) is 5.82 Å². The van der Waals surface area contributed by atoms with Gasteiger partial charge in [-0.15, -0.1) is 16.4 Å². The molecule has 0 atom stereocenters. The molecule has 27 heavy (non-hydrogen) atoms. The van der Waals surface area contributed by atoms with Gasteiger partial charge in [0.2, 0.25) is 0 Å². The third kappa shape index (κ3) is 3.55. The minimum absolute atomic E-state index is 0.0400. The highest BCUT2D eigenvalue weighted by atomic mass is 32.1. The van der Waals surface area contributed by atoms with Gasteiger partial charge in [0.1, 0.15) is 11.0 Å². The maximum atomic E-state index is 14.1. The van der Waals surface area contributed by atoms with Gasteiger partial charge in [0.15, 0.2) is 17.3 Å². The largest absolute Gasteiger partial charge is 0.494 e. The third-order valence-corrected chi connectivity index (χ3v) is 5.28. The predicted octanol–water partition coefficient (Wildman–Crippen LogP) is 2.37. The molecular formula is C16H16FN5O4S. The van der Waals surface area contributed by atoms with Gasteiger partial charge in [0.05, 0.1) is 20.3 Å². The number of amides is 1. The van der Waals surface area contributed by atoms with Gasteiger partial charge in [-0.1, -0.05) is 5.10 Å². The number of aromatic amines is 1. The Kier molecular flexibility index (Phi) is 4.86. The van der Waals surface area contributed by atoms with Crippen LogP contribution in [0.3, 0.4) is 0 Å². The summed E-state index contributed by atoms with van der Waals surface area (Å²) in [6, 6.07) is 2.88. The van der Waals surface area contributed by atoms with E-state index in [1.54, 1.807) is 6.07 Å². The topological polar surface area (TPSA) is 111 Å². The second-order valence-electron chi connectivity index (χ2n) is 5.86. The lowest BCUT2D eigenvalue weighted by Gasteiger charge is -2.23. The summed E-state index contributed by atoms with van der Waals surface area (Å²) >= 11 is 1.13. The number of methoxy groups -OCH3 is 1.